The summed E-state index contributed by atoms with van der Waals surface area (Å²) >= 11 is 0. The summed E-state index contributed by atoms with van der Waals surface area (Å²) in [5.74, 6) is 0.614. The van der Waals surface area contributed by atoms with Crippen LogP contribution in [0.3, 0.4) is 0 Å². The predicted molar refractivity (Wildman–Crippen MR) is 137 cm³/mol. The zero-order valence-electron chi connectivity index (χ0n) is 20.7. The van der Waals surface area contributed by atoms with Gasteiger partial charge in [-0.1, -0.05) is 6.92 Å². The summed E-state index contributed by atoms with van der Waals surface area (Å²) in [4.78, 5) is 33.3. The van der Waals surface area contributed by atoms with Crippen LogP contribution in [-0.4, -0.2) is 42.8 Å². The first-order valence-electron chi connectivity index (χ1n) is 11.2. The molecule has 0 unspecified atom stereocenters. The number of nitrogens with zero attached hydrogens (tertiary/aromatic N) is 3. The second kappa shape index (κ2) is 12.7. The fourth-order valence-electron chi connectivity index (χ4n) is 3.19. The number of hydrazone groups is 1. The lowest BCUT2D eigenvalue weighted by Gasteiger charge is -2.11. The van der Waals surface area contributed by atoms with E-state index in [9.17, 15) is 25.0 Å². The lowest BCUT2D eigenvalue weighted by atomic mass is 10.2. The highest BCUT2D eigenvalue weighted by Crippen LogP contribution is 2.38. The van der Waals surface area contributed by atoms with Gasteiger partial charge in [0, 0.05) is 11.6 Å². The minimum atomic E-state index is -0.778. The van der Waals surface area contributed by atoms with Gasteiger partial charge in [0.25, 0.3) is 11.6 Å². The maximum absolute atomic E-state index is 12.5. The van der Waals surface area contributed by atoms with Crippen LogP contribution in [0.1, 0.15) is 29.3 Å². The molecule has 3 aromatic carbocycles. The molecule has 3 rings (SSSR count). The maximum atomic E-state index is 12.5. The standard InChI is InChI=1S/C25H24N4O9/c1-4-11-37-21-9-6-17(13-24(21)36-3)25(30)27-26-15-16-5-8-22(23(12-16)35-2)38-20-10-7-18(28(31)32)14-19(20)29(33)34/h5-10,12-15H,4,11H2,1-3H3,(H,27,30)/b26-15+. The van der Waals surface area contributed by atoms with Crippen LogP contribution < -0.4 is 24.4 Å². The topological polar surface area (TPSA) is 165 Å². The maximum Gasteiger partial charge on any atom is 0.318 e. The zero-order valence-corrected chi connectivity index (χ0v) is 20.7. The number of hydrogen-bond donors (Lipinski definition) is 1. The fourth-order valence-corrected chi connectivity index (χ4v) is 3.19. The van der Waals surface area contributed by atoms with Crippen molar-refractivity contribution in [3.05, 3.63) is 86.0 Å². The number of nitro groups is 2. The Morgan fingerprint density at radius 3 is 2.24 bits per heavy atom. The first-order valence-corrected chi connectivity index (χ1v) is 11.2. The molecular formula is C25H24N4O9. The third-order valence-corrected chi connectivity index (χ3v) is 5.02. The Labute approximate surface area is 216 Å². The number of benzene rings is 3. The number of carbonyl (C=O) groups is 1. The molecule has 13 nitrogen and oxygen atoms in total. The van der Waals surface area contributed by atoms with Crippen LogP contribution in [0.2, 0.25) is 0 Å². The Morgan fingerprint density at radius 1 is 0.895 bits per heavy atom. The van der Waals surface area contributed by atoms with E-state index in [1.165, 1.54) is 32.6 Å². The molecule has 3 aromatic rings. The number of nitrogens with one attached hydrogen (secondary N) is 1. The molecule has 1 amide bonds. The normalized spacial score (nSPS) is 10.6. The van der Waals surface area contributed by atoms with Gasteiger partial charge in [0.15, 0.2) is 23.0 Å². The number of methoxy groups -OCH3 is 2. The Morgan fingerprint density at radius 2 is 1.58 bits per heavy atom. The largest absolute Gasteiger partial charge is 0.493 e. The predicted octanol–water partition coefficient (Wildman–Crippen LogP) is 4.87. The van der Waals surface area contributed by atoms with Crippen LogP contribution in [0.15, 0.2) is 59.7 Å². The molecule has 0 saturated heterocycles. The minimum Gasteiger partial charge on any atom is -0.493 e. The average molecular weight is 524 g/mol. The zero-order chi connectivity index (χ0) is 27.7. The lowest BCUT2D eigenvalue weighted by molar-refractivity contribution is -0.394. The van der Waals surface area contributed by atoms with Crippen LogP contribution in [0.25, 0.3) is 0 Å². The van der Waals surface area contributed by atoms with Crippen molar-refractivity contribution in [1.82, 2.24) is 5.43 Å². The second-order valence-electron chi connectivity index (χ2n) is 7.59. The quantitative estimate of drug-likeness (QED) is 0.198. The molecule has 0 aromatic heterocycles. The van der Waals surface area contributed by atoms with E-state index in [4.69, 9.17) is 18.9 Å². The Bertz CT molecular complexity index is 1370. The molecule has 13 heteroatoms. The summed E-state index contributed by atoms with van der Waals surface area (Å²) in [7, 11) is 2.85. The van der Waals surface area contributed by atoms with Crippen molar-refractivity contribution in [1.29, 1.82) is 0 Å². The van der Waals surface area contributed by atoms with E-state index in [1.54, 1.807) is 24.3 Å². The van der Waals surface area contributed by atoms with Gasteiger partial charge < -0.3 is 18.9 Å². The van der Waals surface area contributed by atoms with Gasteiger partial charge in [-0.2, -0.15) is 5.10 Å². The van der Waals surface area contributed by atoms with E-state index in [0.717, 1.165) is 24.6 Å². The molecule has 0 fully saturated rings. The minimum absolute atomic E-state index is 0.128. The molecule has 198 valence electrons. The van der Waals surface area contributed by atoms with Crippen LogP contribution in [0, 0.1) is 20.2 Å². The first-order chi connectivity index (χ1) is 18.3. The van der Waals surface area contributed by atoms with Gasteiger partial charge >= 0.3 is 5.69 Å². The van der Waals surface area contributed by atoms with Crippen LogP contribution in [-0.2, 0) is 0 Å². The van der Waals surface area contributed by atoms with Crippen LogP contribution in [0.4, 0.5) is 11.4 Å². The molecule has 0 aliphatic heterocycles. The highest BCUT2D eigenvalue weighted by molar-refractivity contribution is 5.95. The molecule has 0 aliphatic rings. The Balaban J connectivity index is 1.73. The smallest absolute Gasteiger partial charge is 0.318 e. The van der Waals surface area contributed by atoms with Crippen molar-refractivity contribution in [3.8, 4) is 28.7 Å². The summed E-state index contributed by atoms with van der Waals surface area (Å²) < 4.78 is 21.8. The number of nitro benzene ring substituents is 2. The van der Waals surface area contributed by atoms with Crippen molar-refractivity contribution < 1.29 is 33.6 Å². The monoisotopic (exact) mass is 524 g/mol. The first kappa shape index (κ1) is 27.4. The van der Waals surface area contributed by atoms with Crippen molar-refractivity contribution in [2.24, 2.45) is 5.10 Å². The summed E-state index contributed by atoms with van der Waals surface area (Å²) in [5.41, 5.74) is 2.24. The fraction of sp³-hybridized carbons (Fsp3) is 0.200. The third kappa shape index (κ3) is 6.72. The number of non-ortho nitro benzene ring substituents is 1. The second-order valence-corrected chi connectivity index (χ2v) is 7.59. The molecule has 0 atom stereocenters. The Hall–Kier alpha value is -5.20. The van der Waals surface area contributed by atoms with E-state index in [1.807, 2.05) is 6.92 Å². The highest BCUT2D eigenvalue weighted by Gasteiger charge is 2.22. The van der Waals surface area contributed by atoms with Gasteiger partial charge in [-0.3, -0.25) is 25.0 Å². The molecule has 0 radical (unpaired) electrons. The molecule has 0 bridgehead atoms. The molecule has 0 aliphatic carbocycles. The molecule has 0 heterocycles. The van der Waals surface area contributed by atoms with E-state index < -0.39 is 27.1 Å². The molecule has 38 heavy (non-hydrogen) atoms. The van der Waals surface area contributed by atoms with Crippen molar-refractivity contribution in [3.63, 3.8) is 0 Å². The number of rotatable bonds is 12. The van der Waals surface area contributed by atoms with E-state index in [-0.39, 0.29) is 17.2 Å². The number of hydrogen-bond acceptors (Lipinski definition) is 10. The average Bonchev–Trinajstić information content (AvgIpc) is 2.92. The Kier molecular flexibility index (Phi) is 9.13. The summed E-state index contributed by atoms with van der Waals surface area (Å²) in [6.45, 7) is 2.50. The van der Waals surface area contributed by atoms with E-state index in [2.05, 4.69) is 10.5 Å². The van der Waals surface area contributed by atoms with Gasteiger partial charge in [-0.05, 0) is 54.4 Å². The van der Waals surface area contributed by atoms with Gasteiger partial charge in [0.2, 0.25) is 5.75 Å². The van der Waals surface area contributed by atoms with E-state index in [0.29, 0.717) is 29.2 Å². The number of carbonyl (C=O) groups excluding carboxylic acids is 1. The third-order valence-electron chi connectivity index (χ3n) is 5.02. The van der Waals surface area contributed by atoms with Crippen molar-refractivity contribution in [2.45, 2.75) is 13.3 Å². The highest BCUT2D eigenvalue weighted by atomic mass is 16.6. The molecule has 0 saturated carbocycles. The van der Waals surface area contributed by atoms with E-state index >= 15 is 0 Å². The molecule has 0 spiro atoms. The SMILES string of the molecule is CCCOc1ccc(C(=O)N/N=C/c2ccc(Oc3ccc([N+](=O)[O-])cc3[N+](=O)[O-])c(OC)c2)cc1OC. The number of ether oxygens (including phenoxy) is 4. The molecular weight excluding hydrogens is 500 g/mol. The number of amides is 1. The van der Waals surface area contributed by atoms with Crippen molar-refractivity contribution in [2.75, 3.05) is 20.8 Å². The summed E-state index contributed by atoms with van der Waals surface area (Å²) in [5, 5.41) is 26.3. The lowest BCUT2D eigenvalue weighted by Crippen LogP contribution is -2.17. The van der Waals surface area contributed by atoms with Crippen LogP contribution in [0.5, 0.6) is 28.7 Å². The summed E-state index contributed by atoms with van der Waals surface area (Å²) in [6, 6.07) is 12.4. The van der Waals surface area contributed by atoms with Crippen LogP contribution >= 0.6 is 0 Å². The van der Waals surface area contributed by atoms with Gasteiger partial charge in [0.05, 0.1) is 43.0 Å². The van der Waals surface area contributed by atoms with Crippen molar-refractivity contribution >= 4 is 23.5 Å². The van der Waals surface area contributed by atoms with Gasteiger partial charge in [-0.25, -0.2) is 5.43 Å². The molecule has 1 N–H and O–H groups in total. The van der Waals surface area contributed by atoms with Gasteiger partial charge in [0.1, 0.15) is 0 Å². The van der Waals surface area contributed by atoms with Gasteiger partial charge in [-0.15, -0.1) is 0 Å². The summed E-state index contributed by atoms with van der Waals surface area (Å²) in [6.07, 6.45) is 2.20.